The second-order valence-electron chi connectivity index (χ2n) is 9.82. The van der Waals surface area contributed by atoms with Gasteiger partial charge in [0.1, 0.15) is 23.4 Å². The Morgan fingerprint density at radius 2 is 1.68 bits per heavy atom. The van der Waals surface area contributed by atoms with Gasteiger partial charge in [0.05, 0.1) is 33.0 Å². The number of nitrogens with one attached hydrogen (secondary N) is 2. The van der Waals surface area contributed by atoms with Gasteiger partial charge in [-0.2, -0.15) is 0 Å². The molecule has 4 rings (SSSR count). The Bertz CT molecular complexity index is 1090. The molecular weight excluding hydrogens is 474 g/mol. The molecule has 37 heavy (non-hydrogen) atoms. The van der Waals surface area contributed by atoms with Crippen molar-refractivity contribution in [1.82, 2.24) is 15.5 Å². The molecule has 0 aliphatic carbocycles. The molecule has 2 heterocycles. The van der Waals surface area contributed by atoms with E-state index in [9.17, 15) is 14.4 Å². The maximum Gasteiger partial charge on any atom is 0.243 e. The summed E-state index contributed by atoms with van der Waals surface area (Å²) in [5.41, 5.74) is 0.865. The molecule has 0 radical (unpaired) electrons. The van der Waals surface area contributed by atoms with Crippen molar-refractivity contribution in [2.24, 2.45) is 0 Å². The van der Waals surface area contributed by atoms with Gasteiger partial charge in [-0.15, -0.1) is 0 Å². The molecule has 2 aromatic rings. The van der Waals surface area contributed by atoms with Crippen LogP contribution in [0.25, 0.3) is 0 Å². The van der Waals surface area contributed by atoms with E-state index in [2.05, 4.69) is 10.6 Å². The minimum Gasteiger partial charge on any atom is -0.497 e. The number of rotatable bonds is 11. The first-order chi connectivity index (χ1) is 17.8. The van der Waals surface area contributed by atoms with Gasteiger partial charge in [-0.3, -0.25) is 19.3 Å². The number of epoxide rings is 1. The van der Waals surface area contributed by atoms with Crippen molar-refractivity contribution in [2.75, 3.05) is 40.5 Å². The number of amides is 2. The molecule has 0 aromatic heterocycles. The van der Waals surface area contributed by atoms with Crippen LogP contribution in [-0.4, -0.2) is 86.7 Å². The lowest BCUT2D eigenvalue weighted by Crippen LogP contribution is -2.59. The molecule has 0 unspecified atom stereocenters. The SMILES string of the molecule is COc1ccc(C[C@H](NC(=O)[C@@H]2COCCN2C)C(=O)N[C@@H](Cc2ccccc2)C(=O)[C@@]2(C)CO2)cc1. The number of carbonyl (C=O) groups excluding carboxylic acids is 3. The maximum atomic E-state index is 13.6. The molecule has 2 fully saturated rings. The van der Waals surface area contributed by atoms with E-state index in [0.29, 0.717) is 31.9 Å². The van der Waals surface area contributed by atoms with Crippen LogP contribution in [0.5, 0.6) is 5.75 Å². The number of hydrogen-bond donors (Lipinski definition) is 2. The highest BCUT2D eigenvalue weighted by Crippen LogP contribution is 2.29. The topological polar surface area (TPSA) is 110 Å². The molecule has 0 saturated carbocycles. The molecule has 0 bridgehead atoms. The molecule has 0 spiro atoms. The van der Waals surface area contributed by atoms with E-state index in [-0.39, 0.29) is 24.7 Å². The van der Waals surface area contributed by atoms with Crippen molar-refractivity contribution < 1.29 is 28.6 Å². The average molecular weight is 510 g/mol. The number of hydrogen-bond acceptors (Lipinski definition) is 7. The summed E-state index contributed by atoms with van der Waals surface area (Å²) < 4.78 is 16.1. The summed E-state index contributed by atoms with van der Waals surface area (Å²) >= 11 is 0. The Morgan fingerprint density at radius 1 is 1.03 bits per heavy atom. The number of ketones is 1. The standard InChI is InChI=1S/C28H35N3O6/c1-28(18-37-28)25(32)22(15-19-7-5-4-6-8-19)29-26(33)23(16-20-9-11-21(35-3)12-10-20)30-27(34)24-17-36-14-13-31(24)2/h4-12,22-24H,13-18H2,1-3H3,(H,29,33)(H,30,34)/t22-,23-,24-,28+/m0/s1. The molecule has 2 amide bonds. The first-order valence-electron chi connectivity index (χ1n) is 12.5. The molecule has 2 aliphatic rings. The predicted octanol–water partition coefficient (Wildman–Crippen LogP) is 1.14. The zero-order chi connectivity index (χ0) is 26.4. The van der Waals surface area contributed by atoms with Crippen LogP contribution in [0.2, 0.25) is 0 Å². The largest absolute Gasteiger partial charge is 0.497 e. The van der Waals surface area contributed by atoms with Crippen LogP contribution in [0.1, 0.15) is 18.1 Å². The van der Waals surface area contributed by atoms with Gasteiger partial charge in [-0.05, 0) is 43.7 Å². The first kappa shape index (κ1) is 26.8. The molecule has 2 N–H and O–H groups in total. The smallest absolute Gasteiger partial charge is 0.243 e. The fourth-order valence-corrected chi connectivity index (χ4v) is 4.39. The van der Waals surface area contributed by atoms with E-state index in [1.165, 1.54) is 0 Å². The minimum atomic E-state index is -0.899. The second-order valence-corrected chi connectivity index (χ2v) is 9.82. The number of ether oxygens (including phenoxy) is 3. The third-order valence-corrected chi connectivity index (χ3v) is 6.94. The van der Waals surface area contributed by atoms with Gasteiger partial charge in [-0.25, -0.2) is 0 Å². The molecule has 2 saturated heterocycles. The van der Waals surface area contributed by atoms with E-state index < -0.39 is 29.6 Å². The molecule has 9 nitrogen and oxygen atoms in total. The maximum absolute atomic E-state index is 13.6. The summed E-state index contributed by atoms with van der Waals surface area (Å²) in [4.78, 5) is 42.0. The van der Waals surface area contributed by atoms with Crippen molar-refractivity contribution in [1.29, 1.82) is 0 Å². The van der Waals surface area contributed by atoms with Gasteiger partial charge in [0, 0.05) is 13.0 Å². The first-order valence-corrected chi connectivity index (χ1v) is 12.5. The summed E-state index contributed by atoms with van der Waals surface area (Å²) in [6.07, 6.45) is 0.575. The van der Waals surface area contributed by atoms with Crippen LogP contribution in [0.3, 0.4) is 0 Å². The Labute approximate surface area is 217 Å². The zero-order valence-corrected chi connectivity index (χ0v) is 21.6. The summed E-state index contributed by atoms with van der Waals surface area (Å²) in [5.74, 6) is -0.207. The van der Waals surface area contributed by atoms with Gasteiger partial charge < -0.3 is 24.8 Å². The Hall–Kier alpha value is -3.27. The number of morpholine rings is 1. The Balaban J connectivity index is 1.54. The summed E-state index contributed by atoms with van der Waals surface area (Å²) in [7, 11) is 3.44. The van der Waals surface area contributed by atoms with Crippen LogP contribution in [0.4, 0.5) is 0 Å². The quantitative estimate of drug-likeness (QED) is 0.437. The Kier molecular flexibility index (Phi) is 8.58. The van der Waals surface area contributed by atoms with Crippen LogP contribution in [-0.2, 0) is 36.7 Å². The number of nitrogens with zero attached hydrogens (tertiary/aromatic N) is 1. The molecule has 2 aliphatic heterocycles. The van der Waals surface area contributed by atoms with Crippen molar-refractivity contribution in [3.05, 3.63) is 65.7 Å². The molecule has 9 heteroatoms. The zero-order valence-electron chi connectivity index (χ0n) is 21.6. The van der Waals surface area contributed by atoms with Gasteiger partial charge >= 0.3 is 0 Å². The third kappa shape index (κ3) is 6.94. The molecular formula is C28H35N3O6. The number of benzene rings is 2. The number of Topliss-reactive ketones (excluding diaryl/α,β-unsaturated/α-hetero) is 1. The molecule has 4 atom stereocenters. The minimum absolute atomic E-state index is 0.181. The molecule has 2 aromatic carbocycles. The lowest BCUT2D eigenvalue weighted by atomic mass is 9.94. The highest BCUT2D eigenvalue weighted by atomic mass is 16.6. The summed E-state index contributed by atoms with van der Waals surface area (Å²) in [6.45, 7) is 3.49. The number of methoxy groups -OCH3 is 1. The van der Waals surface area contributed by atoms with Crippen LogP contribution >= 0.6 is 0 Å². The predicted molar refractivity (Wildman–Crippen MR) is 137 cm³/mol. The van der Waals surface area contributed by atoms with E-state index in [4.69, 9.17) is 14.2 Å². The fourth-order valence-electron chi connectivity index (χ4n) is 4.39. The summed E-state index contributed by atoms with van der Waals surface area (Å²) in [6, 6.07) is 14.7. The van der Waals surface area contributed by atoms with E-state index in [1.54, 1.807) is 14.0 Å². The second kappa shape index (κ2) is 11.9. The summed E-state index contributed by atoms with van der Waals surface area (Å²) in [5, 5.41) is 5.83. The van der Waals surface area contributed by atoms with E-state index in [0.717, 1.165) is 11.1 Å². The lowest BCUT2D eigenvalue weighted by molar-refractivity contribution is -0.136. The highest BCUT2D eigenvalue weighted by molar-refractivity contribution is 5.98. The number of likely N-dealkylation sites (N-methyl/N-ethyl adjacent to an activating group) is 1. The van der Waals surface area contributed by atoms with Crippen molar-refractivity contribution in [2.45, 2.75) is 43.5 Å². The van der Waals surface area contributed by atoms with Crippen molar-refractivity contribution in [3.8, 4) is 5.75 Å². The van der Waals surface area contributed by atoms with Crippen molar-refractivity contribution >= 4 is 17.6 Å². The lowest BCUT2D eigenvalue weighted by Gasteiger charge is -2.32. The molecule has 198 valence electrons. The fraction of sp³-hybridized carbons (Fsp3) is 0.464. The van der Waals surface area contributed by atoms with E-state index in [1.807, 2.05) is 66.5 Å². The van der Waals surface area contributed by atoms with Gasteiger partial charge in [0.25, 0.3) is 0 Å². The monoisotopic (exact) mass is 509 g/mol. The van der Waals surface area contributed by atoms with E-state index >= 15 is 0 Å². The van der Waals surface area contributed by atoms with Crippen LogP contribution < -0.4 is 15.4 Å². The highest BCUT2D eigenvalue weighted by Gasteiger charge is 2.50. The number of carbonyl (C=O) groups is 3. The van der Waals surface area contributed by atoms with Gasteiger partial charge in [-0.1, -0.05) is 42.5 Å². The van der Waals surface area contributed by atoms with Crippen molar-refractivity contribution in [3.63, 3.8) is 0 Å². The van der Waals surface area contributed by atoms with Crippen LogP contribution in [0.15, 0.2) is 54.6 Å². The normalized spacial score (nSPS) is 22.9. The van der Waals surface area contributed by atoms with Gasteiger partial charge in [0.15, 0.2) is 5.78 Å². The van der Waals surface area contributed by atoms with Crippen LogP contribution in [0, 0.1) is 0 Å². The third-order valence-electron chi connectivity index (χ3n) is 6.94. The van der Waals surface area contributed by atoms with Gasteiger partial charge in [0.2, 0.25) is 11.8 Å². The average Bonchev–Trinajstić information content (AvgIpc) is 3.67. The Morgan fingerprint density at radius 3 is 2.30 bits per heavy atom.